The molecule has 4 nitrogen and oxygen atoms in total. The summed E-state index contributed by atoms with van der Waals surface area (Å²) in [5.74, 6) is -2.55. The highest BCUT2D eigenvalue weighted by Crippen LogP contribution is 2.47. The van der Waals surface area contributed by atoms with E-state index in [1.807, 2.05) is 0 Å². The quantitative estimate of drug-likeness (QED) is 0.405. The van der Waals surface area contributed by atoms with Crippen LogP contribution in [0.1, 0.15) is 23.1 Å². The summed E-state index contributed by atoms with van der Waals surface area (Å²) < 4.78 is 71.6. The van der Waals surface area contributed by atoms with Crippen molar-refractivity contribution >= 4 is 33.2 Å². The number of hydrazine groups is 1. The largest absolute Gasteiger partial charge is 0.256 e. The molecule has 2 atom stereocenters. The van der Waals surface area contributed by atoms with Gasteiger partial charge >= 0.3 is 0 Å². The molecule has 0 aliphatic carbocycles. The minimum atomic E-state index is -4.24. The average Bonchev–Trinajstić information content (AvgIpc) is 3.14. The molecule has 1 aliphatic heterocycles. The second-order valence-corrected chi connectivity index (χ2v) is 10.2. The third-order valence-electron chi connectivity index (χ3n) is 5.59. The maximum atomic E-state index is 14.8. The first-order chi connectivity index (χ1) is 15.7. The zero-order valence-electron chi connectivity index (χ0n) is 17.1. The molecule has 4 rings (SSSR count). The third-order valence-corrected chi connectivity index (χ3v) is 7.91. The lowest BCUT2D eigenvalue weighted by Crippen LogP contribution is -2.43. The number of sulfonamides is 1. The maximum Gasteiger partial charge on any atom is 0.256 e. The van der Waals surface area contributed by atoms with Gasteiger partial charge in [-0.1, -0.05) is 41.4 Å². The lowest BCUT2D eigenvalue weighted by atomic mass is 9.88. The van der Waals surface area contributed by atoms with Gasteiger partial charge in [0.15, 0.2) is 0 Å². The first kappa shape index (κ1) is 24.0. The second-order valence-electron chi connectivity index (χ2n) is 7.57. The summed E-state index contributed by atoms with van der Waals surface area (Å²) in [7, 11) is -4.24. The molecule has 0 amide bonds. The fourth-order valence-electron chi connectivity index (χ4n) is 4.17. The average molecular weight is 515 g/mol. The molecule has 1 fully saturated rings. The van der Waals surface area contributed by atoms with Crippen molar-refractivity contribution in [2.45, 2.75) is 16.9 Å². The van der Waals surface area contributed by atoms with E-state index >= 15 is 0 Å². The van der Waals surface area contributed by atoms with Crippen LogP contribution in [0.25, 0.3) is 0 Å². The molecule has 0 N–H and O–H groups in total. The van der Waals surface area contributed by atoms with Gasteiger partial charge in [-0.25, -0.2) is 26.6 Å². The standard InChI is InChI=1S/C23H19Cl2F3N2O2S/c24-16-6-4-15(5-7-16)23-19(22-20(27)2-1-3-21(22)28)14-29(13-12-26)30(23)33(31,32)18-10-8-17(25)9-11-18/h1-11,19,23H,12-14H2. The van der Waals surface area contributed by atoms with E-state index in [0.717, 1.165) is 16.5 Å². The Morgan fingerprint density at radius 1 is 0.879 bits per heavy atom. The van der Waals surface area contributed by atoms with E-state index in [4.69, 9.17) is 23.2 Å². The van der Waals surface area contributed by atoms with Gasteiger partial charge in [-0.2, -0.15) is 0 Å². The number of hydrogen-bond donors (Lipinski definition) is 0. The van der Waals surface area contributed by atoms with E-state index in [1.54, 1.807) is 24.3 Å². The monoisotopic (exact) mass is 514 g/mol. The number of nitrogens with zero attached hydrogens (tertiary/aromatic N) is 2. The van der Waals surface area contributed by atoms with Crippen molar-refractivity contribution in [2.75, 3.05) is 19.8 Å². The number of benzene rings is 3. The first-order valence-corrected chi connectivity index (χ1v) is 12.2. The molecule has 0 spiro atoms. The van der Waals surface area contributed by atoms with Crippen molar-refractivity contribution in [3.8, 4) is 0 Å². The van der Waals surface area contributed by atoms with Crippen LogP contribution in [-0.2, 0) is 10.0 Å². The molecule has 2 unspecified atom stereocenters. The second kappa shape index (κ2) is 9.64. The van der Waals surface area contributed by atoms with Gasteiger partial charge in [-0.15, -0.1) is 4.41 Å². The van der Waals surface area contributed by atoms with Gasteiger partial charge in [-0.05, 0) is 54.1 Å². The molecule has 0 radical (unpaired) electrons. The van der Waals surface area contributed by atoms with Gasteiger partial charge in [0.1, 0.15) is 18.3 Å². The summed E-state index contributed by atoms with van der Waals surface area (Å²) in [4.78, 5) is -0.0793. The van der Waals surface area contributed by atoms with Crippen molar-refractivity contribution in [3.63, 3.8) is 0 Å². The highest BCUT2D eigenvalue weighted by Gasteiger charge is 2.49. The Morgan fingerprint density at radius 3 is 1.97 bits per heavy atom. The Morgan fingerprint density at radius 2 is 1.42 bits per heavy atom. The summed E-state index contributed by atoms with van der Waals surface area (Å²) in [5.41, 5.74) is 0.209. The Balaban J connectivity index is 1.92. The molecule has 1 aliphatic rings. The summed E-state index contributed by atoms with van der Waals surface area (Å²) in [5, 5.41) is 2.04. The van der Waals surface area contributed by atoms with Gasteiger partial charge < -0.3 is 0 Å². The molecule has 3 aromatic rings. The van der Waals surface area contributed by atoms with Crippen LogP contribution in [-0.4, -0.2) is 37.6 Å². The lowest BCUT2D eigenvalue weighted by molar-refractivity contribution is 0.0828. The molecule has 0 aromatic heterocycles. The van der Waals surface area contributed by atoms with Crippen LogP contribution >= 0.6 is 23.2 Å². The van der Waals surface area contributed by atoms with Gasteiger partial charge in [0.2, 0.25) is 0 Å². The maximum absolute atomic E-state index is 14.8. The van der Waals surface area contributed by atoms with Crippen LogP contribution in [0, 0.1) is 11.6 Å². The number of alkyl halides is 1. The van der Waals surface area contributed by atoms with E-state index in [2.05, 4.69) is 0 Å². The van der Waals surface area contributed by atoms with Gasteiger partial charge in [-0.3, -0.25) is 0 Å². The normalized spacial score (nSPS) is 19.8. The number of hydrogen-bond acceptors (Lipinski definition) is 3. The molecule has 174 valence electrons. The van der Waals surface area contributed by atoms with Crippen LogP contribution in [0.15, 0.2) is 71.6 Å². The van der Waals surface area contributed by atoms with Gasteiger partial charge in [0.25, 0.3) is 10.0 Å². The fraction of sp³-hybridized carbons (Fsp3) is 0.217. The predicted octanol–water partition coefficient (Wildman–Crippen LogP) is 5.99. The Kier molecular flexibility index (Phi) is 7.02. The summed E-state index contributed by atoms with van der Waals surface area (Å²) in [6.45, 7) is -1.24. The molecular weight excluding hydrogens is 496 g/mol. The molecule has 1 heterocycles. The van der Waals surface area contributed by atoms with E-state index in [-0.39, 0.29) is 23.5 Å². The molecule has 3 aromatic carbocycles. The lowest BCUT2D eigenvalue weighted by Gasteiger charge is -2.32. The van der Waals surface area contributed by atoms with Crippen LogP contribution in [0.2, 0.25) is 10.0 Å². The highest BCUT2D eigenvalue weighted by molar-refractivity contribution is 7.89. The molecule has 0 bridgehead atoms. The molecule has 10 heteroatoms. The molecular formula is C23H19Cl2F3N2O2S. The molecule has 33 heavy (non-hydrogen) atoms. The Labute approximate surface area is 200 Å². The van der Waals surface area contributed by atoms with Gasteiger partial charge in [0, 0.05) is 34.6 Å². The zero-order chi connectivity index (χ0) is 23.8. The number of halogens is 5. The van der Waals surface area contributed by atoms with Crippen molar-refractivity contribution in [3.05, 3.63) is 99.5 Å². The van der Waals surface area contributed by atoms with Crippen molar-refractivity contribution in [2.24, 2.45) is 0 Å². The summed E-state index contributed by atoms with van der Waals surface area (Å²) >= 11 is 11.9. The molecule has 1 saturated heterocycles. The fourth-order valence-corrected chi connectivity index (χ4v) is 6.14. The topological polar surface area (TPSA) is 40.6 Å². The van der Waals surface area contributed by atoms with Crippen molar-refractivity contribution in [1.29, 1.82) is 0 Å². The van der Waals surface area contributed by atoms with E-state index in [9.17, 15) is 21.6 Å². The minimum Gasteiger partial charge on any atom is -0.250 e. The predicted molar refractivity (Wildman–Crippen MR) is 121 cm³/mol. The summed E-state index contributed by atoms with van der Waals surface area (Å²) in [6.07, 6.45) is 0. The molecule has 0 saturated carbocycles. The van der Waals surface area contributed by atoms with E-state index < -0.39 is 40.3 Å². The van der Waals surface area contributed by atoms with Crippen LogP contribution < -0.4 is 0 Å². The smallest absolute Gasteiger partial charge is 0.250 e. The van der Waals surface area contributed by atoms with Crippen LogP contribution in [0.3, 0.4) is 0 Å². The Hall–Kier alpha value is -2.10. The van der Waals surface area contributed by atoms with Crippen molar-refractivity contribution in [1.82, 2.24) is 9.42 Å². The summed E-state index contributed by atoms with van der Waals surface area (Å²) in [6, 6.07) is 14.3. The first-order valence-electron chi connectivity index (χ1n) is 10.0. The van der Waals surface area contributed by atoms with Crippen LogP contribution in [0.5, 0.6) is 0 Å². The van der Waals surface area contributed by atoms with Crippen LogP contribution in [0.4, 0.5) is 13.2 Å². The Bertz CT molecular complexity index is 1220. The third kappa shape index (κ3) is 4.63. The van der Waals surface area contributed by atoms with Gasteiger partial charge in [0.05, 0.1) is 10.9 Å². The van der Waals surface area contributed by atoms with E-state index in [0.29, 0.717) is 15.6 Å². The number of rotatable bonds is 6. The van der Waals surface area contributed by atoms with Crippen molar-refractivity contribution < 1.29 is 21.6 Å². The minimum absolute atomic E-state index is 0.0793. The highest BCUT2D eigenvalue weighted by atomic mass is 35.5. The SMILES string of the molecule is O=S(=O)(c1ccc(Cl)cc1)N1C(c2ccc(Cl)cc2)C(c2c(F)cccc2F)CN1CCF. The van der Waals surface area contributed by atoms with E-state index in [1.165, 1.54) is 35.3 Å². The zero-order valence-corrected chi connectivity index (χ0v) is 19.5.